The van der Waals surface area contributed by atoms with Gasteiger partial charge in [0.1, 0.15) is 0 Å². The van der Waals surface area contributed by atoms with Crippen molar-refractivity contribution in [3.63, 3.8) is 0 Å². The molecule has 0 saturated carbocycles. The van der Waals surface area contributed by atoms with Gasteiger partial charge in [-0.3, -0.25) is 14.8 Å². The molecule has 0 aliphatic carbocycles. The topological polar surface area (TPSA) is 54.9 Å². The van der Waals surface area contributed by atoms with Crippen molar-refractivity contribution in [3.8, 4) is 0 Å². The molecule has 17 heavy (non-hydrogen) atoms. The second-order valence-corrected chi connectivity index (χ2v) is 3.57. The van der Waals surface area contributed by atoms with Crippen LogP contribution in [0, 0.1) is 0 Å². The van der Waals surface area contributed by atoms with Gasteiger partial charge in [-0.15, -0.1) is 0 Å². The second kappa shape index (κ2) is 5.75. The van der Waals surface area contributed by atoms with Crippen molar-refractivity contribution >= 4 is 5.91 Å². The van der Waals surface area contributed by atoms with E-state index in [0.717, 1.165) is 12.1 Å². The fourth-order valence-electron chi connectivity index (χ4n) is 1.45. The number of aromatic nitrogens is 2. The number of hydrogen-bond acceptors (Lipinski definition) is 3. The number of amides is 1. The average Bonchev–Trinajstić information content (AvgIpc) is 2.41. The van der Waals surface area contributed by atoms with Crippen molar-refractivity contribution < 1.29 is 4.79 Å². The van der Waals surface area contributed by atoms with E-state index in [-0.39, 0.29) is 5.91 Å². The third kappa shape index (κ3) is 3.38. The van der Waals surface area contributed by atoms with Crippen LogP contribution < -0.4 is 5.32 Å². The van der Waals surface area contributed by atoms with Gasteiger partial charge in [-0.1, -0.05) is 6.07 Å². The Bertz CT molecular complexity index is 471. The summed E-state index contributed by atoms with van der Waals surface area (Å²) in [6, 6.07) is 9.23. The molecule has 4 nitrogen and oxygen atoms in total. The highest BCUT2D eigenvalue weighted by atomic mass is 16.1. The van der Waals surface area contributed by atoms with Crippen molar-refractivity contribution in [1.82, 2.24) is 15.3 Å². The van der Waals surface area contributed by atoms with Crippen molar-refractivity contribution in [2.45, 2.75) is 6.42 Å². The van der Waals surface area contributed by atoms with Crippen LogP contribution in [0.15, 0.2) is 48.9 Å². The van der Waals surface area contributed by atoms with Crippen molar-refractivity contribution in [2.24, 2.45) is 0 Å². The van der Waals surface area contributed by atoms with E-state index in [2.05, 4.69) is 15.3 Å². The van der Waals surface area contributed by atoms with Gasteiger partial charge in [0, 0.05) is 37.3 Å². The van der Waals surface area contributed by atoms with Gasteiger partial charge in [0.05, 0.1) is 5.56 Å². The predicted molar refractivity (Wildman–Crippen MR) is 64.5 cm³/mol. The van der Waals surface area contributed by atoms with Crippen molar-refractivity contribution in [2.75, 3.05) is 6.54 Å². The summed E-state index contributed by atoms with van der Waals surface area (Å²) < 4.78 is 0. The maximum Gasteiger partial charge on any atom is 0.252 e. The molecule has 0 aliphatic heterocycles. The molecule has 0 aromatic carbocycles. The van der Waals surface area contributed by atoms with E-state index in [1.807, 2.05) is 18.2 Å². The first-order valence-electron chi connectivity index (χ1n) is 5.44. The summed E-state index contributed by atoms with van der Waals surface area (Å²) in [5.74, 6) is -0.103. The molecular formula is C13H13N3O. The second-order valence-electron chi connectivity index (χ2n) is 3.57. The highest BCUT2D eigenvalue weighted by molar-refractivity contribution is 5.93. The monoisotopic (exact) mass is 227 g/mol. The van der Waals surface area contributed by atoms with Crippen molar-refractivity contribution in [1.29, 1.82) is 0 Å². The van der Waals surface area contributed by atoms with Gasteiger partial charge in [0.15, 0.2) is 0 Å². The quantitative estimate of drug-likeness (QED) is 0.860. The Morgan fingerprint density at radius 2 is 2.12 bits per heavy atom. The van der Waals surface area contributed by atoms with E-state index in [1.54, 1.807) is 30.7 Å². The first-order chi connectivity index (χ1) is 8.36. The van der Waals surface area contributed by atoms with E-state index in [4.69, 9.17) is 0 Å². The Balaban J connectivity index is 1.82. The van der Waals surface area contributed by atoms with Crippen LogP contribution in [-0.2, 0) is 6.42 Å². The molecule has 0 fully saturated rings. The molecule has 0 aliphatic rings. The smallest absolute Gasteiger partial charge is 0.252 e. The Labute approximate surface area is 99.7 Å². The maximum absolute atomic E-state index is 11.7. The zero-order valence-electron chi connectivity index (χ0n) is 9.34. The lowest BCUT2D eigenvalue weighted by atomic mass is 10.2. The van der Waals surface area contributed by atoms with Crippen LogP contribution >= 0.6 is 0 Å². The third-order valence-electron chi connectivity index (χ3n) is 2.32. The van der Waals surface area contributed by atoms with Gasteiger partial charge in [-0.05, 0) is 24.3 Å². The normalized spacial score (nSPS) is 9.88. The molecule has 0 bridgehead atoms. The molecule has 0 atom stereocenters. The van der Waals surface area contributed by atoms with Crippen LogP contribution in [0.4, 0.5) is 0 Å². The maximum atomic E-state index is 11.7. The van der Waals surface area contributed by atoms with Crippen LogP contribution in [-0.4, -0.2) is 22.4 Å². The van der Waals surface area contributed by atoms with E-state index in [9.17, 15) is 4.79 Å². The first kappa shape index (κ1) is 11.3. The molecule has 0 radical (unpaired) electrons. The molecule has 0 saturated heterocycles. The molecule has 2 rings (SSSR count). The highest BCUT2D eigenvalue weighted by Gasteiger charge is 2.03. The number of rotatable bonds is 4. The Hall–Kier alpha value is -2.23. The molecule has 2 aromatic heterocycles. The molecular weight excluding hydrogens is 214 g/mol. The summed E-state index contributed by atoms with van der Waals surface area (Å²) in [6.07, 6.45) is 5.67. The molecule has 4 heteroatoms. The number of nitrogens with zero attached hydrogens (tertiary/aromatic N) is 2. The standard InChI is InChI=1S/C13H13N3O/c17-13(11-4-3-7-14-10-11)16-9-6-12-5-1-2-8-15-12/h1-5,7-8,10H,6,9H2,(H,16,17). The van der Waals surface area contributed by atoms with Crippen LogP contribution in [0.5, 0.6) is 0 Å². The zero-order chi connectivity index (χ0) is 11.9. The summed E-state index contributed by atoms with van der Waals surface area (Å²) in [5, 5.41) is 2.83. The van der Waals surface area contributed by atoms with Crippen LogP contribution in [0.3, 0.4) is 0 Å². The molecule has 2 aromatic rings. The largest absolute Gasteiger partial charge is 0.352 e. The predicted octanol–water partition coefficient (Wildman–Crippen LogP) is 1.45. The average molecular weight is 227 g/mol. The molecule has 1 amide bonds. The van der Waals surface area contributed by atoms with E-state index >= 15 is 0 Å². The SMILES string of the molecule is O=C(NCCc1ccccn1)c1cccnc1. The van der Waals surface area contributed by atoms with Crippen molar-refractivity contribution in [3.05, 3.63) is 60.2 Å². The lowest BCUT2D eigenvalue weighted by molar-refractivity contribution is 0.0953. The van der Waals surface area contributed by atoms with E-state index < -0.39 is 0 Å². The number of carbonyl (C=O) groups excluding carboxylic acids is 1. The molecule has 2 heterocycles. The van der Waals surface area contributed by atoms with E-state index in [0.29, 0.717) is 12.1 Å². The van der Waals surface area contributed by atoms with Gasteiger partial charge < -0.3 is 5.32 Å². The van der Waals surface area contributed by atoms with E-state index in [1.165, 1.54) is 0 Å². The zero-order valence-corrected chi connectivity index (χ0v) is 9.34. The van der Waals surface area contributed by atoms with Gasteiger partial charge in [0.25, 0.3) is 5.91 Å². The fourth-order valence-corrected chi connectivity index (χ4v) is 1.45. The number of pyridine rings is 2. The highest BCUT2D eigenvalue weighted by Crippen LogP contribution is 1.96. The summed E-state index contributed by atoms with van der Waals surface area (Å²) in [5.41, 5.74) is 1.55. The lowest BCUT2D eigenvalue weighted by Crippen LogP contribution is -2.25. The lowest BCUT2D eigenvalue weighted by Gasteiger charge is -2.04. The Kier molecular flexibility index (Phi) is 3.81. The Morgan fingerprint density at radius 1 is 1.18 bits per heavy atom. The number of nitrogens with one attached hydrogen (secondary N) is 1. The molecule has 0 unspecified atom stereocenters. The molecule has 1 N–H and O–H groups in total. The molecule has 86 valence electrons. The Morgan fingerprint density at radius 3 is 2.82 bits per heavy atom. The summed E-state index contributed by atoms with van der Waals surface area (Å²) in [4.78, 5) is 19.7. The van der Waals surface area contributed by atoms with Crippen LogP contribution in [0.25, 0.3) is 0 Å². The van der Waals surface area contributed by atoms with Gasteiger partial charge in [0.2, 0.25) is 0 Å². The summed E-state index contributed by atoms with van der Waals surface area (Å²) in [6.45, 7) is 0.574. The van der Waals surface area contributed by atoms with Gasteiger partial charge in [-0.2, -0.15) is 0 Å². The van der Waals surface area contributed by atoms with Gasteiger partial charge in [-0.25, -0.2) is 0 Å². The third-order valence-corrected chi connectivity index (χ3v) is 2.32. The summed E-state index contributed by atoms with van der Waals surface area (Å²) in [7, 11) is 0. The minimum Gasteiger partial charge on any atom is -0.352 e. The minimum atomic E-state index is -0.103. The first-order valence-corrected chi connectivity index (χ1v) is 5.44. The fraction of sp³-hybridized carbons (Fsp3) is 0.154. The summed E-state index contributed by atoms with van der Waals surface area (Å²) >= 11 is 0. The number of hydrogen-bond donors (Lipinski definition) is 1. The molecule has 0 spiro atoms. The number of carbonyl (C=O) groups is 1. The van der Waals surface area contributed by atoms with Crippen LogP contribution in [0.1, 0.15) is 16.1 Å². The van der Waals surface area contributed by atoms with Crippen LogP contribution in [0.2, 0.25) is 0 Å². The van der Waals surface area contributed by atoms with Gasteiger partial charge >= 0.3 is 0 Å². The minimum absolute atomic E-state index is 0.103.